The molecule has 0 fully saturated rings. The molecule has 0 aliphatic carbocycles. The van der Waals surface area contributed by atoms with Crippen molar-refractivity contribution in [1.29, 1.82) is 0 Å². The number of carbonyl (C=O) groups excluding carboxylic acids is 1. The number of aromatic nitrogens is 1. The third-order valence-corrected chi connectivity index (χ3v) is 4.90. The number of hydrogen-bond donors (Lipinski definition) is 1. The molecule has 0 saturated carbocycles. The van der Waals surface area contributed by atoms with Crippen molar-refractivity contribution in [1.82, 2.24) is 4.98 Å². The van der Waals surface area contributed by atoms with Gasteiger partial charge in [-0.3, -0.25) is 4.79 Å². The number of nitrogens with two attached hydrogens (primary N) is 1. The molecular formula is C15H11FN2OS2. The molecule has 0 atom stereocenters. The summed E-state index contributed by atoms with van der Waals surface area (Å²) < 4.78 is 12.9. The molecule has 0 aliphatic heterocycles. The van der Waals surface area contributed by atoms with Crippen molar-refractivity contribution in [3.05, 3.63) is 63.2 Å². The minimum absolute atomic E-state index is 0.239. The molecule has 6 heteroatoms. The second kappa shape index (κ2) is 5.75. The maximum absolute atomic E-state index is 12.9. The van der Waals surface area contributed by atoms with E-state index >= 15 is 0 Å². The summed E-state index contributed by atoms with van der Waals surface area (Å²) in [7, 11) is 0. The maximum atomic E-state index is 12.9. The van der Waals surface area contributed by atoms with Gasteiger partial charge in [-0.05, 0) is 29.8 Å². The van der Waals surface area contributed by atoms with Crippen LogP contribution in [0.4, 0.5) is 4.39 Å². The summed E-state index contributed by atoms with van der Waals surface area (Å²) in [6.07, 6.45) is 0.670. The third-order valence-electron chi connectivity index (χ3n) is 2.92. The molecule has 1 aromatic carbocycles. The standard InChI is InChI=1S/C15H11FN2OS2/c16-10-3-1-9(2-4-10)13-6-5-11(21-13)7-14-18-12(8-20-14)15(17)19/h1-6,8H,7H2,(H2,17,19). The Morgan fingerprint density at radius 1 is 1.19 bits per heavy atom. The Kier molecular flexibility index (Phi) is 3.81. The quantitative estimate of drug-likeness (QED) is 0.797. The normalized spacial score (nSPS) is 10.7. The lowest BCUT2D eigenvalue weighted by Crippen LogP contribution is -2.11. The Bertz CT molecular complexity index is 777. The molecule has 0 bridgehead atoms. The predicted molar refractivity (Wildman–Crippen MR) is 83.2 cm³/mol. The van der Waals surface area contributed by atoms with Crippen LogP contribution in [0.25, 0.3) is 10.4 Å². The van der Waals surface area contributed by atoms with Crippen molar-refractivity contribution in [2.75, 3.05) is 0 Å². The predicted octanol–water partition coefficient (Wildman–Crippen LogP) is 3.70. The molecule has 106 valence electrons. The second-order valence-electron chi connectivity index (χ2n) is 4.44. The lowest BCUT2D eigenvalue weighted by atomic mass is 10.2. The highest BCUT2D eigenvalue weighted by molar-refractivity contribution is 7.15. The van der Waals surface area contributed by atoms with Gasteiger partial charge in [0, 0.05) is 21.6 Å². The molecule has 0 saturated heterocycles. The zero-order valence-corrected chi connectivity index (χ0v) is 12.5. The SMILES string of the molecule is NC(=O)c1csc(Cc2ccc(-c3ccc(F)cc3)s2)n1. The zero-order valence-electron chi connectivity index (χ0n) is 10.9. The fraction of sp³-hybridized carbons (Fsp3) is 0.0667. The van der Waals surface area contributed by atoms with Crippen LogP contribution in [0.2, 0.25) is 0 Å². The molecule has 0 radical (unpaired) electrons. The van der Waals surface area contributed by atoms with Crippen molar-refractivity contribution in [3.63, 3.8) is 0 Å². The Morgan fingerprint density at radius 3 is 2.62 bits per heavy atom. The minimum Gasteiger partial charge on any atom is -0.364 e. The van der Waals surface area contributed by atoms with Gasteiger partial charge in [-0.2, -0.15) is 0 Å². The summed E-state index contributed by atoms with van der Waals surface area (Å²) in [5, 5.41) is 2.53. The van der Waals surface area contributed by atoms with Crippen molar-refractivity contribution in [2.24, 2.45) is 5.73 Å². The van der Waals surface area contributed by atoms with E-state index in [1.165, 1.54) is 23.5 Å². The van der Waals surface area contributed by atoms with Gasteiger partial charge >= 0.3 is 0 Å². The summed E-state index contributed by atoms with van der Waals surface area (Å²) in [4.78, 5) is 17.4. The Labute approximate surface area is 128 Å². The highest BCUT2D eigenvalue weighted by Gasteiger charge is 2.09. The molecule has 2 heterocycles. The van der Waals surface area contributed by atoms with Crippen LogP contribution >= 0.6 is 22.7 Å². The second-order valence-corrected chi connectivity index (χ2v) is 6.55. The van der Waals surface area contributed by atoms with E-state index in [1.807, 2.05) is 12.1 Å². The van der Waals surface area contributed by atoms with Crippen LogP contribution in [-0.2, 0) is 6.42 Å². The van der Waals surface area contributed by atoms with Crippen LogP contribution in [0.5, 0.6) is 0 Å². The Morgan fingerprint density at radius 2 is 1.95 bits per heavy atom. The van der Waals surface area contributed by atoms with Gasteiger partial charge in [0.15, 0.2) is 0 Å². The van der Waals surface area contributed by atoms with Gasteiger partial charge < -0.3 is 5.73 Å². The first-order valence-electron chi connectivity index (χ1n) is 6.20. The average molecular weight is 318 g/mol. The van der Waals surface area contributed by atoms with E-state index in [4.69, 9.17) is 5.73 Å². The number of rotatable bonds is 4. The fourth-order valence-corrected chi connectivity index (χ4v) is 3.81. The summed E-state index contributed by atoms with van der Waals surface area (Å²) in [6.45, 7) is 0. The van der Waals surface area contributed by atoms with E-state index in [-0.39, 0.29) is 5.82 Å². The largest absolute Gasteiger partial charge is 0.364 e. The smallest absolute Gasteiger partial charge is 0.268 e. The van der Waals surface area contributed by atoms with Crippen LogP contribution in [-0.4, -0.2) is 10.9 Å². The summed E-state index contributed by atoms with van der Waals surface area (Å²) in [5.74, 6) is -0.743. The summed E-state index contributed by atoms with van der Waals surface area (Å²) in [5.41, 5.74) is 6.49. The molecule has 1 amide bonds. The number of hydrogen-bond acceptors (Lipinski definition) is 4. The third kappa shape index (κ3) is 3.17. The van der Waals surface area contributed by atoms with E-state index in [9.17, 15) is 9.18 Å². The first kappa shape index (κ1) is 13.9. The van der Waals surface area contributed by atoms with Crippen LogP contribution in [0, 0.1) is 5.82 Å². The molecule has 3 aromatic rings. The number of nitrogens with zero attached hydrogens (tertiary/aromatic N) is 1. The molecule has 0 aliphatic rings. The average Bonchev–Trinajstić information content (AvgIpc) is 3.10. The van der Waals surface area contributed by atoms with Crippen LogP contribution in [0.15, 0.2) is 41.8 Å². The lowest BCUT2D eigenvalue weighted by Gasteiger charge is -1.96. The van der Waals surface area contributed by atoms with E-state index in [1.54, 1.807) is 28.8 Å². The number of benzene rings is 1. The van der Waals surface area contributed by atoms with Crippen LogP contribution in [0.1, 0.15) is 20.4 Å². The van der Waals surface area contributed by atoms with Gasteiger partial charge in [0.05, 0.1) is 5.01 Å². The summed E-state index contributed by atoms with van der Waals surface area (Å²) in [6, 6.07) is 10.5. The highest BCUT2D eigenvalue weighted by atomic mass is 32.1. The molecule has 0 unspecified atom stereocenters. The molecule has 3 rings (SSSR count). The number of thiophene rings is 1. The molecule has 0 spiro atoms. The molecule has 21 heavy (non-hydrogen) atoms. The Balaban J connectivity index is 1.78. The number of carbonyl (C=O) groups is 1. The first-order valence-corrected chi connectivity index (χ1v) is 7.90. The van der Waals surface area contributed by atoms with E-state index in [2.05, 4.69) is 4.98 Å². The first-order chi connectivity index (χ1) is 10.1. The van der Waals surface area contributed by atoms with Crippen molar-refractivity contribution in [3.8, 4) is 10.4 Å². The van der Waals surface area contributed by atoms with Gasteiger partial charge in [0.1, 0.15) is 11.5 Å². The van der Waals surface area contributed by atoms with Crippen LogP contribution < -0.4 is 5.73 Å². The maximum Gasteiger partial charge on any atom is 0.268 e. The number of primary amides is 1. The molecular weight excluding hydrogens is 307 g/mol. The van der Waals surface area contributed by atoms with E-state index in [0.717, 1.165) is 20.3 Å². The lowest BCUT2D eigenvalue weighted by molar-refractivity contribution is 0.0996. The van der Waals surface area contributed by atoms with Gasteiger partial charge in [-0.1, -0.05) is 12.1 Å². The molecule has 2 aromatic heterocycles. The zero-order chi connectivity index (χ0) is 14.8. The number of thiazole rings is 1. The van der Waals surface area contributed by atoms with Gasteiger partial charge in [-0.15, -0.1) is 22.7 Å². The Hall–Kier alpha value is -2.05. The topological polar surface area (TPSA) is 56.0 Å². The molecule has 3 nitrogen and oxygen atoms in total. The highest BCUT2D eigenvalue weighted by Crippen LogP contribution is 2.30. The monoisotopic (exact) mass is 318 g/mol. The number of halogens is 1. The van der Waals surface area contributed by atoms with Crippen molar-refractivity contribution >= 4 is 28.6 Å². The van der Waals surface area contributed by atoms with Gasteiger partial charge in [0.25, 0.3) is 5.91 Å². The number of amides is 1. The van der Waals surface area contributed by atoms with Crippen LogP contribution in [0.3, 0.4) is 0 Å². The van der Waals surface area contributed by atoms with E-state index < -0.39 is 5.91 Å². The fourth-order valence-electron chi connectivity index (χ4n) is 1.90. The van der Waals surface area contributed by atoms with Gasteiger partial charge in [-0.25, -0.2) is 9.37 Å². The van der Waals surface area contributed by atoms with Gasteiger partial charge in [0.2, 0.25) is 0 Å². The van der Waals surface area contributed by atoms with Crippen molar-refractivity contribution in [2.45, 2.75) is 6.42 Å². The van der Waals surface area contributed by atoms with E-state index in [0.29, 0.717) is 12.1 Å². The van der Waals surface area contributed by atoms with Crippen molar-refractivity contribution < 1.29 is 9.18 Å². The molecule has 2 N–H and O–H groups in total. The summed E-state index contributed by atoms with van der Waals surface area (Å²) >= 11 is 3.06. The minimum atomic E-state index is -0.504.